The summed E-state index contributed by atoms with van der Waals surface area (Å²) in [5.74, 6) is -1.61. The number of nitrogens with one attached hydrogen (secondary N) is 3. The normalized spacial score (nSPS) is 12.1. The Labute approximate surface area is 171 Å². The van der Waals surface area contributed by atoms with E-state index in [0.29, 0.717) is 22.7 Å². The van der Waals surface area contributed by atoms with Crippen LogP contribution in [0.3, 0.4) is 0 Å². The van der Waals surface area contributed by atoms with E-state index in [1.807, 2.05) is 0 Å². The van der Waals surface area contributed by atoms with Gasteiger partial charge in [-0.05, 0) is 43.3 Å². The molecule has 0 aliphatic heterocycles. The first-order chi connectivity index (χ1) is 14.1. The van der Waals surface area contributed by atoms with Crippen LogP contribution in [0.15, 0.2) is 48.5 Å². The number of likely N-dealkylation sites (N-methyl/N-ethyl adjacent to an activating group) is 1. The van der Waals surface area contributed by atoms with Gasteiger partial charge in [-0.2, -0.15) is 13.2 Å². The molecule has 1 unspecified atom stereocenters. The molecule has 1 atom stereocenters. The zero-order chi connectivity index (χ0) is 22.3. The molecule has 0 saturated carbocycles. The monoisotopic (exact) mass is 423 g/mol. The Hall–Kier alpha value is -3.40. The van der Waals surface area contributed by atoms with Crippen molar-refractivity contribution in [2.24, 2.45) is 5.73 Å². The summed E-state index contributed by atoms with van der Waals surface area (Å²) in [6, 6.07) is 10.7. The number of para-hydroxylation sites is 1. The highest BCUT2D eigenvalue weighted by Crippen LogP contribution is 2.34. The number of hydrogen-bond donors (Lipinski definition) is 4. The number of hydrogen-bond acceptors (Lipinski definition) is 3. The van der Waals surface area contributed by atoms with Gasteiger partial charge in [0.15, 0.2) is 13.1 Å². The molecule has 0 spiro atoms. The van der Waals surface area contributed by atoms with E-state index in [-0.39, 0.29) is 24.7 Å². The second-order valence-corrected chi connectivity index (χ2v) is 6.54. The summed E-state index contributed by atoms with van der Waals surface area (Å²) in [4.78, 5) is 36.1. The molecule has 0 saturated heterocycles. The van der Waals surface area contributed by atoms with Crippen LogP contribution in [0.1, 0.15) is 22.8 Å². The SMILES string of the molecule is CC[NH+](CC(=O)Nc1ccc(C(N)=O)cc1)CC(=O)Nc1ccccc1C(F)(F)F. The van der Waals surface area contributed by atoms with Crippen LogP contribution >= 0.6 is 0 Å². The number of alkyl halides is 3. The van der Waals surface area contributed by atoms with Crippen molar-refractivity contribution >= 4 is 29.1 Å². The lowest BCUT2D eigenvalue weighted by Crippen LogP contribution is -3.13. The lowest BCUT2D eigenvalue weighted by atomic mass is 10.1. The standard InChI is InChI=1S/C20H21F3N4O3/c1-2-27(11-17(28)25-14-9-7-13(8-10-14)19(24)30)12-18(29)26-16-6-4-3-5-15(16)20(21,22)23/h3-10H,2,11-12H2,1H3,(H2,24,30)(H,25,28)(H,26,29)/p+1. The van der Waals surface area contributed by atoms with Crippen LogP contribution in [-0.4, -0.2) is 37.4 Å². The summed E-state index contributed by atoms with van der Waals surface area (Å²) in [5, 5.41) is 4.90. The van der Waals surface area contributed by atoms with E-state index in [9.17, 15) is 27.6 Å². The molecule has 2 aromatic rings. The zero-order valence-electron chi connectivity index (χ0n) is 16.2. The molecule has 7 nitrogen and oxygen atoms in total. The van der Waals surface area contributed by atoms with Crippen LogP contribution in [0.4, 0.5) is 24.5 Å². The third-order valence-electron chi connectivity index (χ3n) is 4.28. The Morgan fingerprint density at radius 2 is 1.50 bits per heavy atom. The van der Waals surface area contributed by atoms with Gasteiger partial charge in [0.05, 0.1) is 17.8 Å². The molecular formula is C20H22F3N4O3+. The highest BCUT2D eigenvalue weighted by Gasteiger charge is 2.33. The number of anilines is 2. The van der Waals surface area contributed by atoms with Gasteiger partial charge in [-0.25, -0.2) is 0 Å². The van der Waals surface area contributed by atoms with E-state index in [2.05, 4.69) is 10.6 Å². The summed E-state index contributed by atoms with van der Waals surface area (Å²) < 4.78 is 39.1. The maximum atomic E-state index is 13.0. The van der Waals surface area contributed by atoms with Gasteiger partial charge >= 0.3 is 6.18 Å². The van der Waals surface area contributed by atoms with Crippen molar-refractivity contribution in [1.82, 2.24) is 0 Å². The summed E-state index contributed by atoms with van der Waals surface area (Å²) in [7, 11) is 0. The second-order valence-electron chi connectivity index (χ2n) is 6.54. The van der Waals surface area contributed by atoms with Crippen LogP contribution < -0.4 is 21.3 Å². The number of primary amides is 1. The van der Waals surface area contributed by atoms with Crippen LogP contribution in [0.2, 0.25) is 0 Å². The van der Waals surface area contributed by atoms with E-state index < -0.39 is 23.6 Å². The second kappa shape index (κ2) is 9.88. The average molecular weight is 423 g/mol. The largest absolute Gasteiger partial charge is 0.418 e. The fourth-order valence-electron chi connectivity index (χ4n) is 2.72. The summed E-state index contributed by atoms with van der Waals surface area (Å²) in [6.45, 7) is 1.91. The zero-order valence-corrected chi connectivity index (χ0v) is 16.2. The summed E-state index contributed by atoms with van der Waals surface area (Å²) in [5.41, 5.74) is 4.63. The summed E-state index contributed by atoms with van der Waals surface area (Å²) in [6.07, 6.45) is -4.59. The lowest BCUT2D eigenvalue weighted by Gasteiger charge is -2.18. The number of quaternary nitrogens is 1. The lowest BCUT2D eigenvalue weighted by molar-refractivity contribution is -0.881. The predicted octanol–water partition coefficient (Wildman–Crippen LogP) is 1.29. The van der Waals surface area contributed by atoms with E-state index in [1.165, 1.54) is 42.5 Å². The molecule has 0 aromatic heterocycles. The van der Waals surface area contributed by atoms with Gasteiger partial charge in [-0.15, -0.1) is 0 Å². The topological polar surface area (TPSA) is 106 Å². The molecule has 0 radical (unpaired) electrons. The van der Waals surface area contributed by atoms with Gasteiger partial charge < -0.3 is 21.3 Å². The molecule has 3 amide bonds. The highest BCUT2D eigenvalue weighted by atomic mass is 19.4. The maximum Gasteiger partial charge on any atom is 0.418 e. The molecule has 0 aliphatic rings. The minimum Gasteiger partial charge on any atom is -0.366 e. The Morgan fingerprint density at radius 1 is 0.933 bits per heavy atom. The Bertz CT molecular complexity index is 914. The number of nitrogens with two attached hydrogens (primary N) is 1. The number of amides is 3. The fourth-order valence-corrected chi connectivity index (χ4v) is 2.72. The van der Waals surface area contributed by atoms with Crippen molar-refractivity contribution in [3.05, 3.63) is 59.7 Å². The van der Waals surface area contributed by atoms with Gasteiger partial charge in [-0.1, -0.05) is 12.1 Å². The Morgan fingerprint density at radius 3 is 2.03 bits per heavy atom. The van der Waals surface area contributed by atoms with Crippen molar-refractivity contribution in [3.8, 4) is 0 Å². The van der Waals surface area contributed by atoms with E-state index in [1.54, 1.807) is 6.92 Å². The van der Waals surface area contributed by atoms with Crippen molar-refractivity contribution in [2.45, 2.75) is 13.1 Å². The van der Waals surface area contributed by atoms with E-state index in [0.717, 1.165) is 6.07 Å². The molecular weight excluding hydrogens is 401 g/mol. The van der Waals surface area contributed by atoms with Crippen LogP contribution in [0.25, 0.3) is 0 Å². The fraction of sp³-hybridized carbons (Fsp3) is 0.250. The molecule has 10 heteroatoms. The molecule has 0 heterocycles. The van der Waals surface area contributed by atoms with E-state index >= 15 is 0 Å². The first-order valence-electron chi connectivity index (χ1n) is 9.09. The number of carbonyl (C=O) groups excluding carboxylic acids is 3. The third kappa shape index (κ3) is 6.59. The van der Waals surface area contributed by atoms with Gasteiger partial charge in [0.2, 0.25) is 5.91 Å². The number of rotatable bonds is 8. The molecule has 30 heavy (non-hydrogen) atoms. The first kappa shape index (κ1) is 22.9. The quantitative estimate of drug-likeness (QED) is 0.514. The Balaban J connectivity index is 1.94. The molecule has 0 fully saturated rings. The summed E-state index contributed by atoms with van der Waals surface area (Å²) >= 11 is 0. The highest BCUT2D eigenvalue weighted by molar-refractivity contribution is 5.95. The van der Waals surface area contributed by atoms with Gasteiger partial charge in [0.1, 0.15) is 0 Å². The van der Waals surface area contributed by atoms with Crippen molar-refractivity contribution in [3.63, 3.8) is 0 Å². The average Bonchev–Trinajstić information content (AvgIpc) is 2.67. The van der Waals surface area contributed by atoms with Crippen LogP contribution in [0.5, 0.6) is 0 Å². The molecule has 160 valence electrons. The van der Waals surface area contributed by atoms with Gasteiger partial charge in [0.25, 0.3) is 11.8 Å². The number of carbonyl (C=O) groups is 3. The van der Waals surface area contributed by atoms with Gasteiger partial charge in [0, 0.05) is 11.3 Å². The molecule has 0 aliphatic carbocycles. The first-order valence-corrected chi connectivity index (χ1v) is 9.09. The maximum absolute atomic E-state index is 13.0. The molecule has 0 bridgehead atoms. The predicted molar refractivity (Wildman–Crippen MR) is 105 cm³/mol. The molecule has 2 aromatic carbocycles. The third-order valence-corrected chi connectivity index (χ3v) is 4.28. The van der Waals surface area contributed by atoms with Crippen molar-refractivity contribution in [1.29, 1.82) is 0 Å². The van der Waals surface area contributed by atoms with E-state index in [4.69, 9.17) is 5.73 Å². The molecule has 2 rings (SSSR count). The smallest absolute Gasteiger partial charge is 0.366 e. The Kier molecular flexibility index (Phi) is 7.54. The minimum absolute atomic E-state index is 0.0671. The minimum atomic E-state index is -4.59. The van der Waals surface area contributed by atoms with Gasteiger partial charge in [-0.3, -0.25) is 14.4 Å². The number of halogens is 3. The van der Waals surface area contributed by atoms with Crippen molar-refractivity contribution in [2.75, 3.05) is 30.3 Å². The number of benzene rings is 2. The molecule has 5 N–H and O–H groups in total. The van der Waals surface area contributed by atoms with Crippen LogP contribution in [-0.2, 0) is 15.8 Å². The van der Waals surface area contributed by atoms with Crippen molar-refractivity contribution < 1.29 is 32.5 Å². The van der Waals surface area contributed by atoms with Crippen LogP contribution in [0, 0.1) is 0 Å².